The first kappa shape index (κ1) is 46.9. The van der Waals surface area contributed by atoms with Crippen LogP contribution in [0.2, 0.25) is 0 Å². The molecule has 0 aromatic heterocycles. The lowest BCUT2D eigenvalue weighted by Gasteiger charge is -2.18. The summed E-state index contributed by atoms with van der Waals surface area (Å²) in [6.07, 6.45) is -7.82. The lowest BCUT2D eigenvalue weighted by Crippen LogP contribution is -2.42. The van der Waals surface area contributed by atoms with Gasteiger partial charge in [0.25, 0.3) is 0 Å². The summed E-state index contributed by atoms with van der Waals surface area (Å²) in [5.41, 5.74) is -8.22. The van der Waals surface area contributed by atoms with Crippen LogP contribution in [0.5, 0.6) is 0 Å². The molecule has 24 heteroatoms. The van der Waals surface area contributed by atoms with E-state index in [-0.39, 0.29) is 13.2 Å². The topological polar surface area (TPSA) is 457 Å². The van der Waals surface area contributed by atoms with Crippen molar-refractivity contribution in [3.05, 3.63) is 0 Å². The standard InChI is InChI=1S/3C6H8O7.C3H8O3/c3*7-3(8)1-6(13,5(11)12)2-4(9)10;4-1-3(6)2-5/h3*13H,1-2H2,(H,7,8)(H,9,10)(H,11,12);3-6H,1-2H2. The summed E-state index contributed by atoms with van der Waals surface area (Å²) in [7, 11) is 0. The van der Waals surface area contributed by atoms with E-state index in [2.05, 4.69) is 0 Å². The maximum absolute atomic E-state index is 10.3. The molecule has 260 valence electrons. The molecule has 0 saturated heterocycles. The Morgan fingerprint density at radius 1 is 0.378 bits per heavy atom. The summed E-state index contributed by atoms with van der Waals surface area (Å²) >= 11 is 0. The van der Waals surface area contributed by atoms with Crippen molar-refractivity contribution in [2.45, 2.75) is 61.4 Å². The Morgan fingerprint density at radius 3 is 0.556 bits per heavy atom. The smallest absolute Gasteiger partial charge is 0.336 e. The SMILES string of the molecule is O=C(O)CC(O)(CC(=O)O)C(=O)O.O=C(O)CC(O)(CC(=O)O)C(=O)O.O=C(O)CC(O)(CC(=O)O)C(=O)O.OCC(O)CO. The predicted octanol–water partition coefficient (Wildman–Crippen LogP) is -5.41. The lowest BCUT2D eigenvalue weighted by molar-refractivity contribution is -0.170. The van der Waals surface area contributed by atoms with Crippen LogP contribution >= 0.6 is 0 Å². The van der Waals surface area contributed by atoms with Gasteiger partial charge in [-0.15, -0.1) is 0 Å². The van der Waals surface area contributed by atoms with E-state index in [1.165, 1.54) is 0 Å². The number of aliphatic hydroxyl groups excluding tert-OH is 3. The molecular weight excluding hydrogens is 636 g/mol. The van der Waals surface area contributed by atoms with E-state index in [0.717, 1.165) is 0 Å². The van der Waals surface area contributed by atoms with E-state index in [4.69, 9.17) is 76.6 Å². The van der Waals surface area contributed by atoms with Gasteiger partial charge in [-0.05, 0) is 0 Å². The number of carboxylic acid groups (broad SMARTS) is 9. The molecule has 0 aromatic rings. The molecule has 0 rings (SSSR count). The van der Waals surface area contributed by atoms with Crippen molar-refractivity contribution in [2.24, 2.45) is 0 Å². The van der Waals surface area contributed by atoms with Gasteiger partial charge in [-0.3, -0.25) is 28.8 Å². The Morgan fingerprint density at radius 2 is 0.511 bits per heavy atom. The predicted molar refractivity (Wildman–Crippen MR) is 131 cm³/mol. The third-order valence-corrected chi connectivity index (χ3v) is 4.28. The van der Waals surface area contributed by atoms with Crippen molar-refractivity contribution in [2.75, 3.05) is 13.2 Å². The largest absolute Gasteiger partial charge is 0.481 e. The second kappa shape index (κ2) is 21.6. The molecule has 15 N–H and O–H groups in total. The molecule has 0 saturated carbocycles. The molecule has 0 radical (unpaired) electrons. The van der Waals surface area contributed by atoms with Crippen molar-refractivity contribution in [1.29, 1.82) is 0 Å². The molecule has 0 amide bonds. The zero-order chi connectivity index (χ0) is 36.9. The minimum Gasteiger partial charge on any atom is -0.481 e. The first-order valence-corrected chi connectivity index (χ1v) is 11.2. The first-order chi connectivity index (χ1) is 20.1. The fourth-order valence-electron chi connectivity index (χ4n) is 2.20. The molecule has 0 aliphatic carbocycles. The monoisotopic (exact) mass is 668 g/mol. The zero-order valence-electron chi connectivity index (χ0n) is 22.6. The van der Waals surface area contributed by atoms with Gasteiger partial charge >= 0.3 is 53.7 Å². The van der Waals surface area contributed by atoms with Crippen molar-refractivity contribution in [3.63, 3.8) is 0 Å². The fourth-order valence-corrected chi connectivity index (χ4v) is 2.20. The van der Waals surface area contributed by atoms with Crippen LogP contribution in [0.4, 0.5) is 0 Å². The van der Waals surface area contributed by atoms with Gasteiger partial charge in [0.15, 0.2) is 16.8 Å². The van der Waals surface area contributed by atoms with E-state index in [1.807, 2.05) is 0 Å². The average molecular weight is 668 g/mol. The summed E-state index contributed by atoms with van der Waals surface area (Å²) in [4.78, 5) is 91.5. The van der Waals surface area contributed by atoms with Crippen molar-refractivity contribution in [1.82, 2.24) is 0 Å². The molecule has 24 nitrogen and oxygen atoms in total. The van der Waals surface area contributed by atoms with Crippen LogP contribution in [-0.2, 0) is 43.2 Å². The number of aliphatic carboxylic acids is 9. The van der Waals surface area contributed by atoms with Crippen LogP contribution in [0, 0.1) is 0 Å². The van der Waals surface area contributed by atoms with Crippen LogP contribution in [0.15, 0.2) is 0 Å². The van der Waals surface area contributed by atoms with Gasteiger partial charge in [-0.25, -0.2) is 14.4 Å². The minimum atomic E-state index is -2.74. The number of hydrogen-bond acceptors (Lipinski definition) is 15. The molecule has 0 bridgehead atoms. The second-order valence-electron chi connectivity index (χ2n) is 8.45. The quantitative estimate of drug-likeness (QED) is 0.0687. The van der Waals surface area contributed by atoms with Crippen molar-refractivity contribution < 1.29 is 120 Å². The lowest BCUT2D eigenvalue weighted by atomic mass is 9.96. The Hall–Kier alpha value is -5.01. The van der Waals surface area contributed by atoms with Gasteiger partial charge in [0.05, 0.1) is 51.7 Å². The minimum absolute atomic E-state index is 0.365. The Labute approximate surface area is 248 Å². The van der Waals surface area contributed by atoms with Gasteiger partial charge < -0.3 is 76.6 Å². The summed E-state index contributed by atoms with van der Waals surface area (Å²) in [6, 6.07) is 0. The molecule has 0 aliphatic rings. The van der Waals surface area contributed by atoms with Crippen LogP contribution in [0.1, 0.15) is 38.5 Å². The van der Waals surface area contributed by atoms with Crippen molar-refractivity contribution >= 4 is 53.7 Å². The molecule has 0 spiro atoms. The van der Waals surface area contributed by atoms with E-state index in [0.29, 0.717) is 0 Å². The normalized spacial score (nSPS) is 10.7. The first-order valence-electron chi connectivity index (χ1n) is 11.2. The third kappa shape index (κ3) is 24.2. The van der Waals surface area contributed by atoms with Gasteiger partial charge in [0, 0.05) is 0 Å². The highest BCUT2D eigenvalue weighted by Crippen LogP contribution is 2.17. The highest BCUT2D eigenvalue weighted by Gasteiger charge is 2.42. The molecule has 0 unspecified atom stereocenters. The number of rotatable bonds is 17. The highest BCUT2D eigenvalue weighted by molar-refractivity contribution is 5.89. The van der Waals surface area contributed by atoms with E-state index >= 15 is 0 Å². The molecule has 0 heterocycles. The molecular formula is C21H32O24. The van der Waals surface area contributed by atoms with Crippen LogP contribution in [0.3, 0.4) is 0 Å². The van der Waals surface area contributed by atoms with E-state index in [1.54, 1.807) is 0 Å². The van der Waals surface area contributed by atoms with Crippen LogP contribution in [0.25, 0.3) is 0 Å². The maximum atomic E-state index is 10.3. The number of carboxylic acids is 9. The van der Waals surface area contributed by atoms with Gasteiger partial charge in [-0.2, -0.15) is 0 Å². The van der Waals surface area contributed by atoms with E-state index in [9.17, 15) is 43.2 Å². The zero-order valence-corrected chi connectivity index (χ0v) is 22.6. The Kier molecular flexibility index (Phi) is 22.6. The number of carbonyl (C=O) groups is 9. The fraction of sp³-hybridized carbons (Fsp3) is 0.571. The maximum Gasteiger partial charge on any atom is 0.336 e. The van der Waals surface area contributed by atoms with Crippen LogP contribution in [-0.4, -0.2) is 166 Å². The second-order valence-corrected chi connectivity index (χ2v) is 8.45. The molecule has 45 heavy (non-hydrogen) atoms. The van der Waals surface area contributed by atoms with Gasteiger partial charge in [0.2, 0.25) is 0 Å². The summed E-state index contributed by atoms with van der Waals surface area (Å²) in [6.45, 7) is -0.729. The Bertz CT molecular complexity index is 885. The summed E-state index contributed by atoms with van der Waals surface area (Å²) in [5.74, 6) is -15.1. The Balaban J connectivity index is -0.000000257. The highest BCUT2D eigenvalue weighted by atomic mass is 16.4. The molecule has 0 atom stereocenters. The number of aliphatic hydroxyl groups is 6. The summed E-state index contributed by atoms with van der Waals surface area (Å²) < 4.78 is 0. The van der Waals surface area contributed by atoms with Gasteiger partial charge in [-0.1, -0.05) is 0 Å². The van der Waals surface area contributed by atoms with Gasteiger partial charge in [0.1, 0.15) is 6.10 Å². The van der Waals surface area contributed by atoms with E-state index < -0.39 is 115 Å². The summed E-state index contributed by atoms with van der Waals surface area (Å²) in [5, 5.41) is 125. The molecule has 0 aromatic carbocycles. The number of hydrogen-bond donors (Lipinski definition) is 15. The molecule has 0 aliphatic heterocycles. The molecule has 0 fully saturated rings. The third-order valence-electron chi connectivity index (χ3n) is 4.28. The van der Waals surface area contributed by atoms with Crippen molar-refractivity contribution in [3.8, 4) is 0 Å². The average Bonchev–Trinajstić information content (AvgIpc) is 2.81. The van der Waals surface area contributed by atoms with Crippen LogP contribution < -0.4 is 0 Å².